The lowest BCUT2D eigenvalue weighted by atomic mass is 9.88. The van der Waals surface area contributed by atoms with Gasteiger partial charge in [0.1, 0.15) is 12.4 Å². The van der Waals surface area contributed by atoms with Crippen LogP contribution in [0, 0.1) is 13.8 Å². The predicted octanol–water partition coefficient (Wildman–Crippen LogP) is 1.97. The van der Waals surface area contributed by atoms with Crippen molar-refractivity contribution in [2.45, 2.75) is 56.5 Å². The molecule has 0 bridgehead atoms. The molecule has 1 aliphatic heterocycles. The van der Waals surface area contributed by atoms with E-state index in [0.29, 0.717) is 22.9 Å². The molecule has 1 heterocycles. The summed E-state index contributed by atoms with van der Waals surface area (Å²) in [5, 5.41) is 0. The number of ether oxygens (including phenoxy) is 2. The highest BCUT2D eigenvalue weighted by Gasteiger charge is 2.32. The minimum absolute atomic E-state index is 0.0410. The Morgan fingerprint density at radius 1 is 1.08 bits per heavy atom. The van der Waals surface area contributed by atoms with Crippen molar-refractivity contribution in [2.24, 2.45) is 0 Å². The van der Waals surface area contributed by atoms with E-state index in [1.54, 1.807) is 33.1 Å². The van der Waals surface area contributed by atoms with Crippen molar-refractivity contribution in [1.29, 1.82) is 0 Å². The Bertz CT molecular complexity index is 971. The highest BCUT2D eigenvalue weighted by atomic mass is 32.2. The van der Waals surface area contributed by atoms with Crippen LogP contribution in [0.5, 0.6) is 5.75 Å². The van der Waals surface area contributed by atoms with Crippen LogP contribution in [0.3, 0.4) is 0 Å². The van der Waals surface area contributed by atoms with Crippen molar-refractivity contribution in [2.75, 3.05) is 74.2 Å². The normalized spacial score (nSPS) is 22.1. The third kappa shape index (κ3) is 6.98. The van der Waals surface area contributed by atoms with Gasteiger partial charge in [-0.2, -0.15) is 4.31 Å². The van der Waals surface area contributed by atoms with Gasteiger partial charge in [0.2, 0.25) is 15.9 Å². The number of benzene rings is 1. The Morgan fingerprint density at radius 2 is 1.72 bits per heavy atom. The van der Waals surface area contributed by atoms with Crippen molar-refractivity contribution in [1.82, 2.24) is 19.0 Å². The first kappa shape index (κ1) is 28.8. The van der Waals surface area contributed by atoms with Crippen molar-refractivity contribution in [3.8, 4) is 5.75 Å². The lowest BCUT2D eigenvalue weighted by Gasteiger charge is -2.43. The van der Waals surface area contributed by atoms with Crippen LogP contribution < -0.4 is 4.74 Å². The zero-order valence-corrected chi connectivity index (χ0v) is 23.6. The first-order valence-corrected chi connectivity index (χ1v) is 14.4. The quantitative estimate of drug-likeness (QED) is 0.433. The molecule has 0 N–H and O–H groups in total. The Morgan fingerprint density at radius 3 is 2.33 bits per heavy atom. The monoisotopic (exact) mass is 524 g/mol. The molecule has 0 unspecified atom stereocenters. The van der Waals surface area contributed by atoms with Crippen LogP contribution >= 0.6 is 0 Å². The molecule has 1 aliphatic carbocycles. The van der Waals surface area contributed by atoms with E-state index in [1.165, 1.54) is 17.8 Å². The van der Waals surface area contributed by atoms with Crippen LogP contribution in [0.4, 0.5) is 0 Å². The van der Waals surface area contributed by atoms with Crippen LogP contribution in [-0.4, -0.2) is 120 Å². The Hall–Kier alpha value is -1.72. The van der Waals surface area contributed by atoms with E-state index < -0.39 is 10.0 Å². The van der Waals surface area contributed by atoms with E-state index in [1.807, 2.05) is 11.9 Å². The van der Waals surface area contributed by atoms with Gasteiger partial charge in [-0.3, -0.25) is 9.69 Å². The third-order valence-electron chi connectivity index (χ3n) is 7.73. The first-order valence-electron chi connectivity index (χ1n) is 12.9. The highest BCUT2D eigenvalue weighted by molar-refractivity contribution is 7.89. The van der Waals surface area contributed by atoms with Gasteiger partial charge in [-0.25, -0.2) is 8.42 Å². The van der Waals surface area contributed by atoms with Crippen molar-refractivity contribution >= 4 is 15.9 Å². The maximum absolute atomic E-state index is 13.1. The number of amides is 1. The molecule has 204 valence electrons. The molecule has 3 rings (SSSR count). The molecule has 36 heavy (non-hydrogen) atoms. The molecule has 0 spiro atoms. The number of sulfonamides is 1. The Labute approximate surface area is 217 Å². The molecule has 2 fully saturated rings. The second-order valence-electron chi connectivity index (χ2n) is 10.3. The van der Waals surface area contributed by atoms with Crippen LogP contribution in [0.25, 0.3) is 0 Å². The van der Waals surface area contributed by atoms with E-state index in [0.717, 1.165) is 45.4 Å². The van der Waals surface area contributed by atoms with Crippen LogP contribution in [-0.2, 0) is 19.6 Å². The SMILES string of the molecule is COc1cc(C)c(S(=O)(=O)N(C)CCOCC(=O)N(C)[C@H]2CCC[C@H](N3CCN(C)CC3)C2)c(C)c1. The number of hydrogen-bond acceptors (Lipinski definition) is 7. The number of likely N-dealkylation sites (N-methyl/N-ethyl adjacent to an activating group) is 3. The molecule has 1 aromatic rings. The summed E-state index contributed by atoms with van der Waals surface area (Å²) in [5.74, 6) is 0.580. The molecule has 9 nitrogen and oxygen atoms in total. The molecular formula is C26H44N4O5S. The van der Waals surface area contributed by atoms with Crippen molar-refractivity contribution in [3.05, 3.63) is 23.3 Å². The van der Waals surface area contributed by atoms with Gasteiger partial charge >= 0.3 is 0 Å². The van der Waals surface area contributed by atoms with Gasteiger partial charge in [0, 0.05) is 58.9 Å². The second-order valence-corrected chi connectivity index (χ2v) is 12.3. The average Bonchev–Trinajstić information content (AvgIpc) is 2.85. The zero-order valence-electron chi connectivity index (χ0n) is 22.8. The number of carbonyl (C=O) groups excluding carboxylic acids is 1. The standard InChI is InChI=1S/C26H44N4O5S/c1-20-16-24(34-6)17-21(2)26(20)36(32,33)28(4)14-15-35-19-25(31)29(5)22-8-7-9-23(18-22)30-12-10-27(3)11-13-30/h16-17,22-23H,7-15,18-19H2,1-6H3/t22-,23-/m0/s1. The van der Waals surface area contributed by atoms with Crippen LogP contribution in [0.2, 0.25) is 0 Å². The molecule has 1 aromatic carbocycles. The molecule has 2 atom stereocenters. The van der Waals surface area contributed by atoms with Gasteiger partial charge in [0.05, 0.1) is 18.6 Å². The largest absolute Gasteiger partial charge is 0.497 e. The number of aryl methyl sites for hydroxylation is 2. The van der Waals surface area contributed by atoms with E-state index in [2.05, 4.69) is 16.8 Å². The maximum atomic E-state index is 13.1. The number of rotatable bonds is 10. The number of nitrogens with zero attached hydrogens (tertiary/aromatic N) is 4. The second kappa shape index (κ2) is 12.7. The summed E-state index contributed by atoms with van der Waals surface area (Å²) >= 11 is 0. The number of carbonyl (C=O) groups is 1. The fraction of sp³-hybridized carbons (Fsp3) is 0.731. The van der Waals surface area contributed by atoms with Crippen molar-refractivity contribution < 1.29 is 22.7 Å². The lowest BCUT2D eigenvalue weighted by molar-refractivity contribution is -0.138. The summed E-state index contributed by atoms with van der Waals surface area (Å²) in [7, 11) is 3.45. The molecule has 2 aliphatic rings. The minimum Gasteiger partial charge on any atom is -0.497 e. The lowest BCUT2D eigenvalue weighted by Crippen LogP contribution is -2.52. The summed E-state index contributed by atoms with van der Waals surface area (Å²) in [4.78, 5) is 19.9. The van der Waals surface area contributed by atoms with E-state index in [4.69, 9.17) is 9.47 Å². The van der Waals surface area contributed by atoms with Crippen LogP contribution in [0.1, 0.15) is 36.8 Å². The third-order valence-corrected chi connectivity index (χ3v) is 9.89. The first-order chi connectivity index (χ1) is 17.0. The number of methoxy groups -OCH3 is 1. The molecule has 0 radical (unpaired) electrons. The van der Waals surface area contributed by atoms with Gasteiger partial charge in [-0.1, -0.05) is 0 Å². The van der Waals surface area contributed by atoms with E-state index in [9.17, 15) is 13.2 Å². The van der Waals surface area contributed by atoms with Gasteiger partial charge in [0.25, 0.3) is 0 Å². The Balaban J connectivity index is 1.46. The van der Waals surface area contributed by atoms with Gasteiger partial charge in [-0.15, -0.1) is 0 Å². The summed E-state index contributed by atoms with van der Waals surface area (Å²) in [5.41, 5.74) is 1.28. The maximum Gasteiger partial charge on any atom is 0.248 e. The highest BCUT2D eigenvalue weighted by Crippen LogP contribution is 2.28. The number of piperazine rings is 1. The van der Waals surface area contributed by atoms with Crippen LogP contribution in [0.15, 0.2) is 17.0 Å². The summed E-state index contributed by atoms with van der Waals surface area (Å²) in [6, 6.07) is 4.21. The van der Waals surface area contributed by atoms with E-state index in [-0.39, 0.29) is 36.6 Å². The number of hydrogen-bond donors (Lipinski definition) is 0. The summed E-state index contributed by atoms with van der Waals surface area (Å²) in [6.45, 7) is 8.21. The fourth-order valence-electron chi connectivity index (χ4n) is 5.38. The molecule has 10 heteroatoms. The van der Waals surface area contributed by atoms with Crippen molar-refractivity contribution in [3.63, 3.8) is 0 Å². The van der Waals surface area contributed by atoms with Gasteiger partial charge in [-0.05, 0) is 69.8 Å². The zero-order chi connectivity index (χ0) is 26.5. The molecular weight excluding hydrogens is 480 g/mol. The van der Waals surface area contributed by atoms with E-state index >= 15 is 0 Å². The minimum atomic E-state index is -3.69. The van der Waals surface area contributed by atoms with Gasteiger partial charge < -0.3 is 19.3 Å². The molecule has 1 amide bonds. The smallest absolute Gasteiger partial charge is 0.248 e. The average molecular weight is 525 g/mol. The Kier molecular flexibility index (Phi) is 10.2. The molecule has 0 aromatic heterocycles. The topological polar surface area (TPSA) is 82.6 Å². The summed E-state index contributed by atoms with van der Waals surface area (Å²) < 4.78 is 38.4. The summed E-state index contributed by atoms with van der Waals surface area (Å²) in [6.07, 6.45) is 4.36. The molecule has 1 saturated heterocycles. The fourth-order valence-corrected chi connectivity index (χ4v) is 6.94. The predicted molar refractivity (Wildman–Crippen MR) is 141 cm³/mol. The molecule has 1 saturated carbocycles. The van der Waals surface area contributed by atoms with Gasteiger partial charge in [0.15, 0.2) is 0 Å².